The highest BCUT2D eigenvalue weighted by Crippen LogP contribution is 2.24. The Bertz CT molecular complexity index is 722. The SMILES string of the molecule is O=C(c1cc2c([nH]1)CCCC2)N1CCC(Oc2ccc(Cl)cc2)CC1. The summed E-state index contributed by atoms with van der Waals surface area (Å²) in [6.45, 7) is 1.47. The first kappa shape index (κ1) is 16.5. The molecule has 1 N–H and O–H groups in total. The number of piperidine rings is 1. The maximum Gasteiger partial charge on any atom is 0.270 e. The van der Waals surface area contributed by atoms with E-state index in [-0.39, 0.29) is 12.0 Å². The van der Waals surface area contributed by atoms with Crippen molar-refractivity contribution in [2.75, 3.05) is 13.1 Å². The zero-order valence-electron chi connectivity index (χ0n) is 14.3. The van der Waals surface area contributed by atoms with E-state index in [9.17, 15) is 4.79 Å². The molecule has 4 nitrogen and oxygen atoms in total. The van der Waals surface area contributed by atoms with E-state index in [1.165, 1.54) is 24.1 Å². The second-order valence-electron chi connectivity index (χ2n) is 6.96. The Labute approximate surface area is 153 Å². The van der Waals surface area contributed by atoms with Gasteiger partial charge in [-0.05, 0) is 61.6 Å². The van der Waals surface area contributed by atoms with Crippen LogP contribution in [0.1, 0.15) is 47.4 Å². The number of hydrogen-bond acceptors (Lipinski definition) is 2. The summed E-state index contributed by atoms with van der Waals surface area (Å²) in [6, 6.07) is 9.52. The minimum Gasteiger partial charge on any atom is -0.490 e. The van der Waals surface area contributed by atoms with Crippen molar-refractivity contribution in [1.29, 1.82) is 0 Å². The quantitative estimate of drug-likeness (QED) is 0.892. The zero-order valence-corrected chi connectivity index (χ0v) is 15.0. The van der Waals surface area contributed by atoms with Gasteiger partial charge < -0.3 is 14.6 Å². The first-order valence-corrected chi connectivity index (χ1v) is 9.49. The van der Waals surface area contributed by atoms with E-state index < -0.39 is 0 Å². The maximum absolute atomic E-state index is 12.8. The van der Waals surface area contributed by atoms with Crippen LogP contribution in [0.25, 0.3) is 0 Å². The molecule has 5 heteroatoms. The summed E-state index contributed by atoms with van der Waals surface area (Å²) < 4.78 is 6.01. The molecule has 132 valence electrons. The number of nitrogens with zero attached hydrogens (tertiary/aromatic N) is 1. The van der Waals surface area contributed by atoms with Gasteiger partial charge in [-0.1, -0.05) is 11.6 Å². The molecular weight excluding hydrogens is 336 g/mol. The van der Waals surface area contributed by atoms with Gasteiger partial charge in [-0.25, -0.2) is 0 Å². The monoisotopic (exact) mass is 358 g/mol. The number of fused-ring (bicyclic) bond motifs is 1. The largest absolute Gasteiger partial charge is 0.490 e. The second kappa shape index (κ2) is 7.12. The van der Waals surface area contributed by atoms with Gasteiger partial charge in [0.25, 0.3) is 5.91 Å². The number of aromatic amines is 1. The number of ether oxygens (including phenoxy) is 1. The van der Waals surface area contributed by atoms with Crippen molar-refractivity contribution in [2.24, 2.45) is 0 Å². The summed E-state index contributed by atoms with van der Waals surface area (Å²) in [5, 5.41) is 0.710. The molecule has 2 heterocycles. The van der Waals surface area contributed by atoms with E-state index >= 15 is 0 Å². The van der Waals surface area contributed by atoms with Gasteiger partial charge in [0, 0.05) is 36.6 Å². The average Bonchev–Trinajstić information content (AvgIpc) is 3.08. The van der Waals surface area contributed by atoms with Gasteiger partial charge >= 0.3 is 0 Å². The van der Waals surface area contributed by atoms with Crippen molar-refractivity contribution in [2.45, 2.75) is 44.6 Å². The molecule has 1 fully saturated rings. The number of rotatable bonds is 3. The fourth-order valence-electron chi connectivity index (χ4n) is 3.77. The molecule has 0 radical (unpaired) electrons. The highest BCUT2D eigenvalue weighted by atomic mass is 35.5. The van der Waals surface area contributed by atoms with E-state index in [4.69, 9.17) is 16.3 Å². The lowest BCUT2D eigenvalue weighted by atomic mass is 9.98. The van der Waals surface area contributed by atoms with E-state index in [0.717, 1.165) is 50.2 Å². The van der Waals surface area contributed by atoms with Crippen LogP contribution in [-0.4, -0.2) is 35.0 Å². The Morgan fingerprint density at radius 2 is 1.84 bits per heavy atom. The molecule has 0 unspecified atom stereocenters. The van der Waals surface area contributed by atoms with Gasteiger partial charge in [-0.15, -0.1) is 0 Å². The molecule has 0 saturated carbocycles. The predicted molar refractivity (Wildman–Crippen MR) is 98.4 cm³/mol. The van der Waals surface area contributed by atoms with Crippen LogP contribution in [0.2, 0.25) is 5.02 Å². The molecule has 2 aromatic rings. The van der Waals surface area contributed by atoms with Gasteiger partial charge in [0.05, 0.1) is 0 Å². The van der Waals surface area contributed by atoms with Crippen LogP contribution < -0.4 is 4.74 Å². The Morgan fingerprint density at radius 1 is 1.12 bits per heavy atom. The number of H-pyrrole nitrogens is 1. The Morgan fingerprint density at radius 3 is 2.56 bits per heavy atom. The highest BCUT2D eigenvalue weighted by Gasteiger charge is 2.26. The highest BCUT2D eigenvalue weighted by molar-refractivity contribution is 6.30. The summed E-state index contributed by atoms with van der Waals surface area (Å²) in [4.78, 5) is 18.1. The smallest absolute Gasteiger partial charge is 0.270 e. The average molecular weight is 359 g/mol. The summed E-state index contributed by atoms with van der Waals surface area (Å²) in [6.07, 6.45) is 6.47. The molecule has 0 spiro atoms. The molecule has 1 aromatic heterocycles. The number of aryl methyl sites for hydroxylation is 2. The number of benzene rings is 1. The molecule has 1 aliphatic carbocycles. The number of halogens is 1. The van der Waals surface area contributed by atoms with Crippen molar-refractivity contribution in [3.8, 4) is 5.75 Å². The number of carbonyl (C=O) groups is 1. The van der Waals surface area contributed by atoms with E-state index in [0.29, 0.717) is 5.02 Å². The van der Waals surface area contributed by atoms with E-state index in [1.807, 2.05) is 29.2 Å². The fraction of sp³-hybridized carbons (Fsp3) is 0.450. The van der Waals surface area contributed by atoms with Crippen molar-refractivity contribution >= 4 is 17.5 Å². The standard InChI is InChI=1S/C20H23ClN2O2/c21-15-5-7-16(8-6-15)25-17-9-11-23(12-10-17)20(24)19-13-14-3-1-2-4-18(14)22-19/h5-8,13,17,22H,1-4,9-12H2. The van der Waals surface area contributed by atoms with Crippen LogP contribution in [-0.2, 0) is 12.8 Å². The van der Waals surface area contributed by atoms with E-state index in [2.05, 4.69) is 11.1 Å². The molecule has 1 aliphatic heterocycles. The molecule has 25 heavy (non-hydrogen) atoms. The van der Waals surface area contributed by atoms with Crippen molar-refractivity contribution in [3.05, 3.63) is 52.3 Å². The van der Waals surface area contributed by atoms with Crippen molar-refractivity contribution in [1.82, 2.24) is 9.88 Å². The van der Waals surface area contributed by atoms with Crippen LogP contribution in [0.15, 0.2) is 30.3 Å². The minimum absolute atomic E-state index is 0.124. The number of amides is 1. The maximum atomic E-state index is 12.8. The molecule has 1 aromatic carbocycles. The molecular formula is C20H23ClN2O2. The predicted octanol–water partition coefficient (Wildman–Crippen LogP) is 4.23. The van der Waals surface area contributed by atoms with Gasteiger partial charge in [-0.3, -0.25) is 4.79 Å². The van der Waals surface area contributed by atoms with Crippen molar-refractivity contribution in [3.63, 3.8) is 0 Å². The molecule has 4 rings (SSSR count). The van der Waals surface area contributed by atoms with Crippen LogP contribution in [0.5, 0.6) is 5.75 Å². The number of carbonyl (C=O) groups excluding carboxylic acids is 1. The van der Waals surface area contributed by atoms with Crippen LogP contribution in [0, 0.1) is 0 Å². The topological polar surface area (TPSA) is 45.3 Å². The van der Waals surface area contributed by atoms with Crippen LogP contribution in [0.3, 0.4) is 0 Å². The van der Waals surface area contributed by atoms with Crippen LogP contribution in [0.4, 0.5) is 0 Å². The van der Waals surface area contributed by atoms with Crippen molar-refractivity contribution < 1.29 is 9.53 Å². The zero-order chi connectivity index (χ0) is 17.2. The first-order valence-electron chi connectivity index (χ1n) is 9.11. The fourth-order valence-corrected chi connectivity index (χ4v) is 3.90. The molecule has 0 atom stereocenters. The number of nitrogens with one attached hydrogen (secondary N) is 1. The normalized spacial score (nSPS) is 18.0. The number of aromatic nitrogens is 1. The third-order valence-corrected chi connectivity index (χ3v) is 5.44. The Kier molecular flexibility index (Phi) is 4.71. The summed E-state index contributed by atoms with van der Waals surface area (Å²) in [5.74, 6) is 0.963. The van der Waals surface area contributed by atoms with Crippen LogP contribution >= 0.6 is 11.6 Å². The van der Waals surface area contributed by atoms with Gasteiger partial charge in [0.2, 0.25) is 0 Å². The molecule has 0 bridgehead atoms. The summed E-state index contributed by atoms with van der Waals surface area (Å²) in [5.41, 5.74) is 3.34. The third kappa shape index (κ3) is 3.69. The number of hydrogen-bond donors (Lipinski definition) is 1. The first-order chi connectivity index (χ1) is 12.2. The summed E-state index contributed by atoms with van der Waals surface area (Å²) >= 11 is 5.90. The lowest BCUT2D eigenvalue weighted by Gasteiger charge is -2.32. The Balaban J connectivity index is 1.34. The minimum atomic E-state index is 0.124. The van der Waals surface area contributed by atoms with Gasteiger partial charge in [0.1, 0.15) is 17.5 Å². The second-order valence-corrected chi connectivity index (χ2v) is 7.39. The lowest BCUT2D eigenvalue weighted by Crippen LogP contribution is -2.41. The molecule has 1 saturated heterocycles. The van der Waals surface area contributed by atoms with Gasteiger partial charge in [-0.2, -0.15) is 0 Å². The molecule has 1 amide bonds. The molecule has 2 aliphatic rings. The van der Waals surface area contributed by atoms with Gasteiger partial charge in [0.15, 0.2) is 0 Å². The lowest BCUT2D eigenvalue weighted by molar-refractivity contribution is 0.0590. The Hall–Kier alpha value is -1.94. The third-order valence-electron chi connectivity index (χ3n) is 5.19. The summed E-state index contributed by atoms with van der Waals surface area (Å²) in [7, 11) is 0. The number of likely N-dealkylation sites (tertiary alicyclic amines) is 1. The van der Waals surface area contributed by atoms with E-state index in [1.54, 1.807) is 0 Å².